The Morgan fingerprint density at radius 2 is 1.85 bits per heavy atom. The van der Waals surface area contributed by atoms with Crippen molar-refractivity contribution >= 4 is 29.0 Å². The number of benzene rings is 1. The Balaban J connectivity index is 1.29. The van der Waals surface area contributed by atoms with Crippen LogP contribution >= 0.6 is 11.8 Å². The number of rotatable bonds is 6. The summed E-state index contributed by atoms with van der Waals surface area (Å²) < 4.78 is 2.08. The van der Waals surface area contributed by atoms with Crippen LogP contribution < -0.4 is 10.2 Å². The third-order valence-corrected chi connectivity index (χ3v) is 5.89. The van der Waals surface area contributed by atoms with Crippen molar-refractivity contribution in [3.63, 3.8) is 0 Å². The number of nitrogens with zero attached hydrogens (tertiary/aromatic N) is 4. The maximum absolute atomic E-state index is 12.2. The van der Waals surface area contributed by atoms with Gasteiger partial charge in [0.25, 0.3) is 0 Å². The van der Waals surface area contributed by atoms with Crippen molar-refractivity contribution in [1.82, 2.24) is 14.8 Å². The molecule has 2 fully saturated rings. The Bertz CT molecular complexity index is 733. The van der Waals surface area contributed by atoms with E-state index in [9.17, 15) is 4.79 Å². The van der Waals surface area contributed by atoms with Crippen LogP contribution in [-0.2, 0) is 4.79 Å². The smallest absolute Gasteiger partial charge is 0.234 e. The first-order valence-corrected chi connectivity index (χ1v) is 10.5. The van der Waals surface area contributed by atoms with Crippen LogP contribution in [0.25, 0.3) is 0 Å². The maximum Gasteiger partial charge on any atom is 0.234 e. The minimum atomic E-state index is -0.0112. The summed E-state index contributed by atoms with van der Waals surface area (Å²) in [5, 5.41) is 11.9. The van der Waals surface area contributed by atoms with Gasteiger partial charge in [-0.25, -0.2) is 0 Å². The molecule has 1 aromatic heterocycles. The summed E-state index contributed by atoms with van der Waals surface area (Å²) in [6, 6.07) is 8.74. The summed E-state index contributed by atoms with van der Waals surface area (Å²) in [6.07, 6.45) is 9.32. The number of thioether (sulfide) groups is 1. The van der Waals surface area contributed by atoms with Gasteiger partial charge >= 0.3 is 0 Å². The lowest BCUT2D eigenvalue weighted by molar-refractivity contribution is -0.113. The number of aromatic nitrogens is 3. The molecule has 1 aliphatic carbocycles. The van der Waals surface area contributed by atoms with E-state index in [4.69, 9.17) is 0 Å². The molecule has 0 bridgehead atoms. The van der Waals surface area contributed by atoms with Crippen LogP contribution in [-0.4, -0.2) is 39.5 Å². The highest BCUT2D eigenvalue weighted by Gasteiger charge is 2.26. The minimum absolute atomic E-state index is 0.0112. The second-order valence-corrected chi connectivity index (χ2v) is 7.98. The van der Waals surface area contributed by atoms with E-state index in [-0.39, 0.29) is 5.91 Å². The molecule has 1 N–H and O–H groups in total. The van der Waals surface area contributed by atoms with Crippen molar-refractivity contribution in [3.05, 3.63) is 30.6 Å². The largest absolute Gasteiger partial charge is 0.372 e. The lowest BCUT2D eigenvalue weighted by Crippen LogP contribution is -2.23. The van der Waals surface area contributed by atoms with Crippen molar-refractivity contribution < 1.29 is 4.79 Å². The van der Waals surface area contributed by atoms with Gasteiger partial charge in [-0.2, -0.15) is 0 Å². The number of amides is 1. The fourth-order valence-electron chi connectivity index (χ4n) is 3.35. The second kappa shape index (κ2) is 8.12. The number of anilines is 2. The fraction of sp³-hybridized carbons (Fsp3) is 0.526. The van der Waals surface area contributed by atoms with E-state index in [1.165, 1.54) is 56.0 Å². The maximum atomic E-state index is 12.2. The van der Waals surface area contributed by atoms with E-state index in [1.54, 1.807) is 6.33 Å². The van der Waals surface area contributed by atoms with E-state index >= 15 is 0 Å². The Morgan fingerprint density at radius 3 is 2.54 bits per heavy atom. The van der Waals surface area contributed by atoms with Crippen LogP contribution in [0.3, 0.4) is 0 Å². The molecule has 2 heterocycles. The van der Waals surface area contributed by atoms with E-state index in [0.717, 1.165) is 23.9 Å². The van der Waals surface area contributed by atoms with Crippen molar-refractivity contribution in [2.24, 2.45) is 0 Å². The molecule has 1 aliphatic heterocycles. The molecular weight excluding hydrogens is 346 g/mol. The summed E-state index contributed by atoms with van der Waals surface area (Å²) in [4.78, 5) is 14.7. The van der Waals surface area contributed by atoms with Gasteiger partial charge in [0.05, 0.1) is 5.75 Å². The normalized spacial score (nSPS) is 17.8. The molecule has 4 rings (SSSR count). The van der Waals surface area contributed by atoms with Crippen LogP contribution in [0.5, 0.6) is 0 Å². The molecule has 1 saturated heterocycles. The predicted octanol–water partition coefficient (Wildman–Crippen LogP) is 3.72. The molecule has 7 heteroatoms. The zero-order valence-electron chi connectivity index (χ0n) is 14.9. The van der Waals surface area contributed by atoms with Crippen LogP contribution in [0.15, 0.2) is 35.7 Å². The first-order chi connectivity index (χ1) is 12.8. The average molecular weight is 372 g/mol. The summed E-state index contributed by atoms with van der Waals surface area (Å²) in [5.41, 5.74) is 2.09. The van der Waals surface area contributed by atoms with Gasteiger partial charge in [-0.3, -0.25) is 4.79 Å². The fourth-order valence-corrected chi connectivity index (χ4v) is 4.13. The molecule has 6 nitrogen and oxygen atoms in total. The molecule has 0 atom stereocenters. The standard InChI is InChI=1S/C19H25N5OS/c25-18(13-26-19-22-20-14-24(19)17-9-10-17)21-15-5-7-16(8-6-15)23-11-3-1-2-4-12-23/h5-8,14,17H,1-4,9-13H2,(H,21,25). The molecule has 26 heavy (non-hydrogen) atoms. The van der Waals surface area contributed by atoms with E-state index in [2.05, 4.69) is 37.1 Å². The average Bonchev–Trinajstić information content (AvgIpc) is 3.44. The molecular formula is C19H25N5OS. The zero-order valence-corrected chi connectivity index (χ0v) is 15.7. The quantitative estimate of drug-likeness (QED) is 0.784. The summed E-state index contributed by atoms with van der Waals surface area (Å²) in [7, 11) is 0. The Morgan fingerprint density at radius 1 is 1.12 bits per heavy atom. The second-order valence-electron chi connectivity index (χ2n) is 7.04. The predicted molar refractivity (Wildman–Crippen MR) is 105 cm³/mol. The van der Waals surface area contributed by atoms with E-state index in [0.29, 0.717) is 11.8 Å². The number of carbonyl (C=O) groups is 1. The van der Waals surface area contributed by atoms with Gasteiger partial charge in [-0.1, -0.05) is 24.6 Å². The van der Waals surface area contributed by atoms with Gasteiger partial charge in [0, 0.05) is 30.5 Å². The monoisotopic (exact) mass is 371 g/mol. The number of hydrogen-bond donors (Lipinski definition) is 1. The molecule has 138 valence electrons. The van der Waals surface area contributed by atoms with Gasteiger partial charge in [-0.05, 0) is 49.9 Å². The summed E-state index contributed by atoms with van der Waals surface area (Å²) in [5.74, 6) is 0.335. The van der Waals surface area contributed by atoms with Gasteiger partial charge in [0.1, 0.15) is 6.33 Å². The molecule has 0 radical (unpaired) electrons. The van der Waals surface area contributed by atoms with Crippen molar-refractivity contribution in [2.45, 2.75) is 49.7 Å². The zero-order chi connectivity index (χ0) is 17.8. The van der Waals surface area contributed by atoms with Crippen LogP contribution in [0.1, 0.15) is 44.6 Å². The molecule has 1 saturated carbocycles. The minimum Gasteiger partial charge on any atom is -0.372 e. The van der Waals surface area contributed by atoms with Crippen LogP contribution in [0, 0.1) is 0 Å². The molecule has 1 aromatic carbocycles. The van der Waals surface area contributed by atoms with Crippen LogP contribution in [0.2, 0.25) is 0 Å². The van der Waals surface area contributed by atoms with E-state index < -0.39 is 0 Å². The Labute approximate surface area is 158 Å². The third kappa shape index (κ3) is 4.38. The molecule has 0 unspecified atom stereocenters. The molecule has 2 aromatic rings. The Hall–Kier alpha value is -2.02. The SMILES string of the molecule is O=C(CSc1nncn1C1CC1)Nc1ccc(N2CCCCCC2)cc1. The first-order valence-electron chi connectivity index (χ1n) is 9.47. The molecule has 0 spiro atoms. The van der Waals surface area contributed by atoms with Crippen LogP contribution in [0.4, 0.5) is 11.4 Å². The van der Waals surface area contributed by atoms with Crippen molar-refractivity contribution in [3.8, 4) is 0 Å². The van der Waals surface area contributed by atoms with Crippen molar-refractivity contribution in [2.75, 3.05) is 29.1 Å². The number of carbonyl (C=O) groups excluding carboxylic acids is 1. The number of nitrogens with one attached hydrogen (secondary N) is 1. The third-order valence-electron chi connectivity index (χ3n) is 4.94. The highest BCUT2D eigenvalue weighted by atomic mass is 32.2. The Kier molecular flexibility index (Phi) is 5.43. The van der Waals surface area contributed by atoms with Gasteiger partial charge in [0.2, 0.25) is 5.91 Å². The van der Waals surface area contributed by atoms with Gasteiger partial charge < -0.3 is 14.8 Å². The van der Waals surface area contributed by atoms with Gasteiger partial charge in [0.15, 0.2) is 5.16 Å². The highest BCUT2D eigenvalue weighted by molar-refractivity contribution is 7.99. The lowest BCUT2D eigenvalue weighted by atomic mass is 10.2. The topological polar surface area (TPSA) is 63.1 Å². The molecule has 2 aliphatic rings. The van der Waals surface area contributed by atoms with E-state index in [1.807, 2.05) is 12.1 Å². The molecule has 1 amide bonds. The van der Waals surface area contributed by atoms with Crippen molar-refractivity contribution in [1.29, 1.82) is 0 Å². The summed E-state index contributed by atoms with van der Waals surface area (Å²) in [6.45, 7) is 2.26. The highest BCUT2D eigenvalue weighted by Crippen LogP contribution is 2.37. The lowest BCUT2D eigenvalue weighted by Gasteiger charge is -2.22. The summed E-state index contributed by atoms with van der Waals surface area (Å²) >= 11 is 1.45. The first kappa shape index (κ1) is 17.4. The number of hydrogen-bond acceptors (Lipinski definition) is 5. The van der Waals surface area contributed by atoms with Gasteiger partial charge in [-0.15, -0.1) is 10.2 Å².